The number of nitro groups is 1. The standard InChI is InChI=1S/C20H17N3O4.ClH/c1-27-19-12-17(23(25)26)9-10-18(19)21-20(24)14-22-11-5-8-16(13-22)15-6-3-2-4-7-15;/h2-13H,14H2,1H3;1H. The van der Waals surface area contributed by atoms with Crippen molar-refractivity contribution in [3.63, 3.8) is 0 Å². The van der Waals surface area contributed by atoms with Gasteiger partial charge in [-0.05, 0) is 17.7 Å². The second-order valence-corrected chi connectivity index (χ2v) is 5.82. The molecule has 0 bridgehead atoms. The number of aromatic nitrogens is 1. The number of hydrogen-bond acceptors (Lipinski definition) is 4. The molecule has 0 unspecified atom stereocenters. The van der Waals surface area contributed by atoms with Crippen LogP contribution in [-0.2, 0) is 11.3 Å². The lowest BCUT2D eigenvalue weighted by Gasteiger charge is -2.09. The van der Waals surface area contributed by atoms with E-state index in [4.69, 9.17) is 4.74 Å². The van der Waals surface area contributed by atoms with Crippen LogP contribution in [-0.4, -0.2) is 17.9 Å². The number of nitrogens with zero attached hydrogens (tertiary/aromatic N) is 2. The molecule has 144 valence electrons. The second kappa shape index (κ2) is 9.48. The topological polar surface area (TPSA) is 85.3 Å². The minimum Gasteiger partial charge on any atom is -1.00 e. The highest BCUT2D eigenvalue weighted by atomic mass is 35.5. The third kappa shape index (κ3) is 5.05. The van der Waals surface area contributed by atoms with E-state index in [0.29, 0.717) is 5.69 Å². The van der Waals surface area contributed by atoms with Gasteiger partial charge in [0.1, 0.15) is 5.75 Å². The van der Waals surface area contributed by atoms with E-state index in [1.54, 1.807) is 10.8 Å². The molecular weight excluding hydrogens is 382 g/mol. The zero-order chi connectivity index (χ0) is 19.2. The fraction of sp³-hybridized carbons (Fsp3) is 0.100. The van der Waals surface area contributed by atoms with Crippen molar-refractivity contribution in [3.8, 4) is 16.9 Å². The minimum atomic E-state index is -0.515. The number of halogens is 1. The largest absolute Gasteiger partial charge is 1.00 e. The van der Waals surface area contributed by atoms with Gasteiger partial charge in [-0.15, -0.1) is 0 Å². The van der Waals surface area contributed by atoms with Crippen LogP contribution in [0.5, 0.6) is 5.75 Å². The van der Waals surface area contributed by atoms with Gasteiger partial charge < -0.3 is 22.5 Å². The number of pyridine rings is 1. The van der Waals surface area contributed by atoms with Gasteiger partial charge in [0, 0.05) is 17.7 Å². The number of amides is 1. The normalized spacial score (nSPS) is 9.89. The Morgan fingerprint density at radius 3 is 2.50 bits per heavy atom. The molecule has 0 radical (unpaired) electrons. The molecule has 0 aliphatic carbocycles. The van der Waals surface area contributed by atoms with Crippen LogP contribution in [0.4, 0.5) is 11.4 Å². The van der Waals surface area contributed by atoms with E-state index in [0.717, 1.165) is 11.1 Å². The number of nitrogens with one attached hydrogen (secondary N) is 1. The SMILES string of the molecule is COc1cc([N+](=O)[O-])ccc1NC(=O)C[n+]1cccc(-c2ccccc2)c1.[Cl-]. The Hall–Kier alpha value is -3.45. The molecule has 0 aliphatic rings. The Morgan fingerprint density at radius 1 is 1.11 bits per heavy atom. The highest BCUT2D eigenvalue weighted by molar-refractivity contribution is 5.91. The van der Waals surface area contributed by atoms with Crippen LogP contribution in [0.2, 0.25) is 0 Å². The zero-order valence-electron chi connectivity index (χ0n) is 15.0. The highest BCUT2D eigenvalue weighted by Gasteiger charge is 2.16. The van der Waals surface area contributed by atoms with Crippen molar-refractivity contribution < 1.29 is 31.4 Å². The van der Waals surface area contributed by atoms with Crippen molar-refractivity contribution in [1.29, 1.82) is 0 Å². The minimum absolute atomic E-state index is 0. The lowest BCUT2D eigenvalue weighted by atomic mass is 10.1. The second-order valence-electron chi connectivity index (χ2n) is 5.82. The van der Waals surface area contributed by atoms with E-state index in [1.807, 2.05) is 48.7 Å². The van der Waals surface area contributed by atoms with Gasteiger partial charge in [0.2, 0.25) is 6.54 Å². The molecule has 0 aliphatic heterocycles. The molecule has 3 aromatic rings. The summed E-state index contributed by atoms with van der Waals surface area (Å²) in [6.45, 7) is 0.0980. The lowest BCUT2D eigenvalue weighted by Crippen LogP contribution is -3.00. The zero-order valence-corrected chi connectivity index (χ0v) is 15.8. The number of rotatable bonds is 6. The Bertz CT molecular complexity index is 980. The lowest BCUT2D eigenvalue weighted by molar-refractivity contribution is -0.683. The summed E-state index contributed by atoms with van der Waals surface area (Å²) in [7, 11) is 1.40. The van der Waals surface area contributed by atoms with E-state index in [9.17, 15) is 14.9 Å². The number of hydrogen-bond donors (Lipinski definition) is 1. The van der Waals surface area contributed by atoms with Crippen LogP contribution in [0.25, 0.3) is 11.1 Å². The first-order valence-corrected chi connectivity index (χ1v) is 8.23. The molecule has 28 heavy (non-hydrogen) atoms. The van der Waals surface area contributed by atoms with Crippen molar-refractivity contribution in [2.45, 2.75) is 6.54 Å². The third-order valence-electron chi connectivity index (χ3n) is 3.96. The molecule has 2 aromatic carbocycles. The van der Waals surface area contributed by atoms with Crippen molar-refractivity contribution in [2.24, 2.45) is 0 Å². The molecule has 1 aromatic heterocycles. The van der Waals surface area contributed by atoms with Crippen LogP contribution in [0.15, 0.2) is 73.1 Å². The number of non-ortho nitro benzene ring substituents is 1. The van der Waals surface area contributed by atoms with Crippen molar-refractivity contribution in [2.75, 3.05) is 12.4 Å². The number of benzene rings is 2. The predicted octanol–water partition coefficient (Wildman–Crippen LogP) is 0.201. The van der Waals surface area contributed by atoms with Gasteiger partial charge >= 0.3 is 0 Å². The summed E-state index contributed by atoms with van der Waals surface area (Å²) < 4.78 is 6.91. The molecular formula is C20H18ClN3O4. The van der Waals surface area contributed by atoms with Gasteiger partial charge in [0.15, 0.2) is 12.4 Å². The third-order valence-corrected chi connectivity index (χ3v) is 3.96. The van der Waals surface area contributed by atoms with Crippen LogP contribution < -0.4 is 27.0 Å². The first-order chi connectivity index (χ1) is 13.1. The van der Waals surface area contributed by atoms with Gasteiger partial charge in [0.05, 0.1) is 23.8 Å². The van der Waals surface area contributed by atoms with Gasteiger partial charge in [-0.25, -0.2) is 0 Å². The van der Waals surface area contributed by atoms with E-state index in [1.165, 1.54) is 25.3 Å². The maximum atomic E-state index is 12.4. The smallest absolute Gasteiger partial charge is 0.290 e. The molecule has 3 rings (SSSR count). The molecule has 0 saturated heterocycles. The molecule has 8 heteroatoms. The number of nitro benzene ring substituents is 1. The number of carbonyl (C=O) groups excluding carboxylic acids is 1. The molecule has 0 saturated carbocycles. The van der Waals surface area contributed by atoms with Crippen molar-refractivity contribution >= 4 is 17.3 Å². The summed E-state index contributed by atoms with van der Waals surface area (Å²) in [5.41, 5.74) is 2.34. The highest BCUT2D eigenvalue weighted by Crippen LogP contribution is 2.28. The molecule has 1 heterocycles. The predicted molar refractivity (Wildman–Crippen MR) is 100 cm³/mol. The monoisotopic (exact) mass is 399 g/mol. The molecule has 0 spiro atoms. The quantitative estimate of drug-likeness (QED) is 0.364. The molecule has 7 nitrogen and oxygen atoms in total. The van der Waals surface area contributed by atoms with Gasteiger partial charge in [0.25, 0.3) is 11.6 Å². The fourth-order valence-electron chi connectivity index (χ4n) is 2.67. The molecule has 0 atom stereocenters. The van der Waals surface area contributed by atoms with Gasteiger partial charge in [-0.2, -0.15) is 4.57 Å². The van der Waals surface area contributed by atoms with Crippen LogP contribution in [0.3, 0.4) is 0 Å². The summed E-state index contributed by atoms with van der Waals surface area (Å²) in [4.78, 5) is 22.7. The summed E-state index contributed by atoms with van der Waals surface area (Å²) in [6, 6.07) is 17.8. The van der Waals surface area contributed by atoms with Gasteiger partial charge in [-0.1, -0.05) is 30.3 Å². The number of carbonyl (C=O) groups is 1. The van der Waals surface area contributed by atoms with Crippen LogP contribution >= 0.6 is 0 Å². The Morgan fingerprint density at radius 2 is 1.82 bits per heavy atom. The number of anilines is 1. The van der Waals surface area contributed by atoms with E-state index < -0.39 is 4.92 Å². The summed E-state index contributed by atoms with van der Waals surface area (Å²) in [5, 5.41) is 13.6. The molecule has 1 amide bonds. The van der Waals surface area contributed by atoms with E-state index in [2.05, 4.69) is 5.32 Å². The molecule has 0 fully saturated rings. The number of ether oxygens (including phenoxy) is 1. The van der Waals surface area contributed by atoms with Gasteiger partial charge in [-0.3, -0.25) is 14.9 Å². The Balaban J connectivity index is 0.00000280. The summed E-state index contributed by atoms with van der Waals surface area (Å²) >= 11 is 0. The van der Waals surface area contributed by atoms with Crippen molar-refractivity contribution in [1.82, 2.24) is 0 Å². The maximum absolute atomic E-state index is 12.4. The fourth-order valence-corrected chi connectivity index (χ4v) is 2.67. The average molecular weight is 400 g/mol. The first-order valence-electron chi connectivity index (χ1n) is 8.23. The summed E-state index contributed by atoms with van der Waals surface area (Å²) in [5.74, 6) is -0.0297. The average Bonchev–Trinajstić information content (AvgIpc) is 2.69. The first kappa shape index (κ1) is 20.9. The van der Waals surface area contributed by atoms with Crippen LogP contribution in [0.1, 0.15) is 0 Å². The molecule has 1 N–H and O–H groups in total. The van der Waals surface area contributed by atoms with E-state index in [-0.39, 0.29) is 36.3 Å². The van der Waals surface area contributed by atoms with Crippen molar-refractivity contribution in [3.05, 3.63) is 83.2 Å². The summed E-state index contributed by atoms with van der Waals surface area (Å²) in [6.07, 6.45) is 3.70. The number of methoxy groups -OCH3 is 1. The Labute approximate surface area is 168 Å². The maximum Gasteiger partial charge on any atom is 0.290 e. The Kier molecular flexibility index (Phi) is 7.06. The van der Waals surface area contributed by atoms with E-state index >= 15 is 0 Å². The van der Waals surface area contributed by atoms with Crippen LogP contribution in [0, 0.1) is 10.1 Å².